The predicted octanol–water partition coefficient (Wildman–Crippen LogP) is 2.68. The van der Waals surface area contributed by atoms with Crippen molar-refractivity contribution in [2.24, 2.45) is 22.7 Å². The zero-order valence-electron chi connectivity index (χ0n) is 21.7. The minimum atomic E-state index is -0.823. The second-order valence-electron chi connectivity index (χ2n) is 10.2. The largest absolute Gasteiger partial charge is 0.450 e. The number of nitrogens with zero attached hydrogens (tertiary/aromatic N) is 2. The zero-order chi connectivity index (χ0) is 26.2. The number of hydrogen-bond acceptors (Lipinski definition) is 7. The third-order valence-corrected chi connectivity index (χ3v) is 8.12. The molecule has 0 radical (unpaired) electrons. The molecule has 5 N–H and O–H groups in total. The average molecular weight is 514 g/mol. The average Bonchev–Trinajstić information content (AvgIpc) is 3.30. The maximum absolute atomic E-state index is 13.7. The summed E-state index contributed by atoms with van der Waals surface area (Å²) < 4.78 is 4.46. The van der Waals surface area contributed by atoms with Crippen molar-refractivity contribution >= 4 is 35.5 Å². The van der Waals surface area contributed by atoms with E-state index in [1.54, 1.807) is 23.6 Å². The molecule has 0 aromatic carbocycles. The van der Waals surface area contributed by atoms with Crippen LogP contribution >= 0.6 is 11.8 Å². The molecule has 2 aliphatic rings. The summed E-state index contributed by atoms with van der Waals surface area (Å²) in [6.07, 6.45) is 4.13. The molecule has 0 spiro atoms. The minimum Gasteiger partial charge on any atom is -0.450 e. The topological polar surface area (TPSA) is 146 Å². The monoisotopic (exact) mass is 513 g/mol. The van der Waals surface area contributed by atoms with Gasteiger partial charge in [-0.3, -0.25) is 9.59 Å². The summed E-state index contributed by atoms with van der Waals surface area (Å²) >= 11 is 1.60. The number of nitrogens with one attached hydrogen (secondary N) is 2. The molecule has 2 atom stereocenters. The molecule has 1 heterocycles. The van der Waals surface area contributed by atoms with E-state index in [4.69, 9.17) is 15.7 Å². The highest BCUT2D eigenvalue weighted by Gasteiger charge is 2.44. The van der Waals surface area contributed by atoms with Gasteiger partial charge < -0.3 is 31.2 Å². The van der Waals surface area contributed by atoms with Crippen LogP contribution in [0.2, 0.25) is 0 Å². The number of hydrogen-bond donors (Lipinski definition) is 4. The van der Waals surface area contributed by atoms with Crippen LogP contribution in [0.1, 0.15) is 73.1 Å². The quantitative estimate of drug-likeness (QED) is 0.152. The first-order chi connectivity index (χ1) is 16.5. The Kier molecular flexibility index (Phi) is 11.0. The van der Waals surface area contributed by atoms with Gasteiger partial charge in [0.1, 0.15) is 17.9 Å². The van der Waals surface area contributed by atoms with Crippen molar-refractivity contribution in [2.75, 3.05) is 19.7 Å². The summed E-state index contributed by atoms with van der Waals surface area (Å²) in [5.41, 5.74) is 5.73. The maximum atomic E-state index is 13.7. The molecule has 0 aromatic heterocycles. The highest BCUT2D eigenvalue weighted by molar-refractivity contribution is 8.01. The lowest BCUT2D eigenvalue weighted by molar-refractivity contribution is -0.140. The first-order valence-electron chi connectivity index (χ1n) is 12.7. The second-order valence-corrected chi connectivity index (χ2v) is 12.5. The SMILES string of the molecule is CCOC(=O)N[C@H](C(=O)N1CCC[C@H]1C(=O)NC[C@H]1CC[C@H](C(N)=NO)CC1)C(C)(C)SC(C)C. The Morgan fingerprint density at radius 2 is 1.86 bits per heavy atom. The lowest BCUT2D eigenvalue weighted by Gasteiger charge is -2.38. The number of carbonyl (C=O) groups is 3. The highest BCUT2D eigenvalue weighted by Crippen LogP contribution is 2.34. The maximum Gasteiger partial charge on any atom is 0.407 e. The zero-order valence-corrected chi connectivity index (χ0v) is 22.5. The van der Waals surface area contributed by atoms with Crippen molar-refractivity contribution in [1.82, 2.24) is 15.5 Å². The number of carbonyl (C=O) groups excluding carboxylic acids is 3. The number of amides is 3. The molecular formula is C24H43N5O5S. The molecule has 200 valence electrons. The van der Waals surface area contributed by atoms with Gasteiger partial charge in [-0.2, -0.15) is 11.8 Å². The molecule has 0 aromatic rings. The second kappa shape index (κ2) is 13.2. The van der Waals surface area contributed by atoms with Gasteiger partial charge in [0, 0.05) is 23.8 Å². The van der Waals surface area contributed by atoms with Gasteiger partial charge in [0.2, 0.25) is 11.8 Å². The normalized spacial score (nSPS) is 24.2. The lowest BCUT2D eigenvalue weighted by atomic mass is 9.81. The van der Waals surface area contributed by atoms with Crippen LogP contribution in [0.5, 0.6) is 0 Å². The molecule has 35 heavy (non-hydrogen) atoms. The van der Waals surface area contributed by atoms with Crippen LogP contribution in [0.3, 0.4) is 0 Å². The number of ether oxygens (including phenoxy) is 1. The van der Waals surface area contributed by atoms with Gasteiger partial charge in [-0.1, -0.05) is 19.0 Å². The van der Waals surface area contributed by atoms with Crippen molar-refractivity contribution in [3.8, 4) is 0 Å². The molecule has 1 saturated heterocycles. The van der Waals surface area contributed by atoms with E-state index in [-0.39, 0.29) is 35.4 Å². The van der Waals surface area contributed by atoms with Crippen LogP contribution < -0.4 is 16.4 Å². The first-order valence-corrected chi connectivity index (χ1v) is 13.5. The van der Waals surface area contributed by atoms with Gasteiger partial charge in [-0.05, 0) is 70.5 Å². The van der Waals surface area contributed by atoms with E-state index in [9.17, 15) is 14.4 Å². The third kappa shape index (κ3) is 8.18. The Bertz CT molecular complexity index is 767. The summed E-state index contributed by atoms with van der Waals surface area (Å²) in [5, 5.41) is 18.0. The van der Waals surface area contributed by atoms with E-state index in [0.717, 1.165) is 32.1 Å². The number of amidine groups is 1. The van der Waals surface area contributed by atoms with Crippen LogP contribution in [0.25, 0.3) is 0 Å². The van der Waals surface area contributed by atoms with Crippen LogP contribution in [-0.4, -0.2) is 75.6 Å². The number of likely N-dealkylation sites (tertiary alicyclic amines) is 1. The molecular weight excluding hydrogens is 470 g/mol. The number of nitrogens with two attached hydrogens (primary N) is 1. The summed E-state index contributed by atoms with van der Waals surface area (Å²) in [5.74, 6) is 0.279. The van der Waals surface area contributed by atoms with Crippen LogP contribution in [0.4, 0.5) is 4.79 Å². The lowest BCUT2D eigenvalue weighted by Crippen LogP contribution is -2.60. The fraction of sp³-hybridized carbons (Fsp3) is 0.833. The van der Waals surface area contributed by atoms with Crippen molar-refractivity contribution < 1.29 is 24.3 Å². The first kappa shape index (κ1) is 29.1. The highest BCUT2D eigenvalue weighted by atomic mass is 32.2. The number of oxime groups is 1. The molecule has 11 heteroatoms. The molecule has 1 saturated carbocycles. The standard InChI is InChI=1S/C24H43N5O5S/c1-6-34-23(32)27-19(24(4,5)35-15(2)3)22(31)29-13-7-8-18(29)21(30)26-14-16-9-11-17(12-10-16)20(25)28-33/h15-19,33H,6-14H2,1-5H3,(H2,25,28)(H,26,30)(H,27,32)/t16-,17-,18-,19+/m0/s1. The Morgan fingerprint density at radius 1 is 1.20 bits per heavy atom. The van der Waals surface area contributed by atoms with Crippen LogP contribution in [0, 0.1) is 11.8 Å². The molecule has 2 rings (SSSR count). The van der Waals surface area contributed by atoms with E-state index in [1.807, 2.05) is 27.7 Å². The Morgan fingerprint density at radius 3 is 2.43 bits per heavy atom. The van der Waals surface area contributed by atoms with Gasteiger partial charge in [-0.15, -0.1) is 0 Å². The fourth-order valence-electron chi connectivity index (χ4n) is 5.07. The predicted molar refractivity (Wildman–Crippen MR) is 137 cm³/mol. The fourth-order valence-corrected chi connectivity index (χ4v) is 6.59. The Hall–Kier alpha value is -2.17. The molecule has 10 nitrogen and oxygen atoms in total. The van der Waals surface area contributed by atoms with Crippen molar-refractivity contribution in [3.63, 3.8) is 0 Å². The van der Waals surface area contributed by atoms with E-state index < -0.39 is 22.9 Å². The Labute approximate surface area is 213 Å². The number of alkyl carbamates (subject to hydrolysis) is 1. The van der Waals surface area contributed by atoms with Crippen molar-refractivity contribution in [3.05, 3.63) is 0 Å². The smallest absolute Gasteiger partial charge is 0.407 e. The van der Waals surface area contributed by atoms with Gasteiger partial charge in [0.25, 0.3) is 0 Å². The third-order valence-electron chi connectivity index (χ3n) is 6.80. The van der Waals surface area contributed by atoms with Gasteiger partial charge in [0.15, 0.2) is 0 Å². The Balaban J connectivity index is 2.03. The molecule has 0 bridgehead atoms. The summed E-state index contributed by atoms with van der Waals surface area (Å²) in [4.78, 5) is 40.7. The molecule has 1 aliphatic heterocycles. The molecule has 3 amide bonds. The summed E-state index contributed by atoms with van der Waals surface area (Å²) in [6.45, 7) is 10.9. The summed E-state index contributed by atoms with van der Waals surface area (Å²) in [6, 6.07) is -1.38. The van der Waals surface area contributed by atoms with Gasteiger partial charge >= 0.3 is 6.09 Å². The van der Waals surface area contributed by atoms with E-state index in [1.165, 1.54) is 0 Å². The van der Waals surface area contributed by atoms with Crippen LogP contribution in [-0.2, 0) is 14.3 Å². The van der Waals surface area contributed by atoms with Gasteiger partial charge in [0.05, 0.1) is 6.61 Å². The van der Waals surface area contributed by atoms with Crippen LogP contribution in [0.15, 0.2) is 5.16 Å². The summed E-state index contributed by atoms with van der Waals surface area (Å²) in [7, 11) is 0. The number of rotatable bonds is 10. The number of thioether (sulfide) groups is 1. The molecule has 2 fully saturated rings. The van der Waals surface area contributed by atoms with E-state index >= 15 is 0 Å². The molecule has 0 unspecified atom stereocenters. The van der Waals surface area contributed by atoms with Crippen molar-refractivity contribution in [2.45, 2.75) is 95.2 Å². The molecule has 1 aliphatic carbocycles. The van der Waals surface area contributed by atoms with E-state index in [2.05, 4.69) is 15.8 Å². The van der Waals surface area contributed by atoms with Crippen molar-refractivity contribution in [1.29, 1.82) is 0 Å². The minimum absolute atomic E-state index is 0.0887. The van der Waals surface area contributed by atoms with E-state index in [0.29, 0.717) is 25.4 Å². The van der Waals surface area contributed by atoms with Gasteiger partial charge in [-0.25, -0.2) is 4.79 Å².